The van der Waals surface area contributed by atoms with Crippen molar-refractivity contribution in [3.05, 3.63) is 52.9 Å². The van der Waals surface area contributed by atoms with E-state index >= 15 is 0 Å². The molecule has 2 heterocycles. The second-order valence-corrected chi connectivity index (χ2v) is 6.14. The average Bonchev–Trinajstić information content (AvgIpc) is 3.12. The Morgan fingerprint density at radius 2 is 2.12 bits per heavy atom. The molecular formula is C17H17F3N2O3. The maximum Gasteiger partial charge on any atom is 0.416 e. The monoisotopic (exact) mass is 354 g/mol. The van der Waals surface area contributed by atoms with Crippen LogP contribution in [-0.2, 0) is 17.4 Å². The van der Waals surface area contributed by atoms with E-state index in [0.29, 0.717) is 11.5 Å². The summed E-state index contributed by atoms with van der Waals surface area (Å²) in [5.74, 6) is 0.148. The minimum atomic E-state index is -4.53. The number of rotatable bonds is 3. The van der Waals surface area contributed by atoms with Crippen LogP contribution in [0.25, 0.3) is 0 Å². The van der Waals surface area contributed by atoms with Gasteiger partial charge in [-0.05, 0) is 25.0 Å². The number of likely N-dealkylation sites (tertiary alicyclic amines) is 1. The van der Waals surface area contributed by atoms with Gasteiger partial charge in [-0.15, -0.1) is 0 Å². The lowest BCUT2D eigenvalue weighted by atomic mass is 9.97. The summed E-state index contributed by atoms with van der Waals surface area (Å²) in [6.45, 7) is 1.68. The molecule has 1 saturated heterocycles. The molecule has 3 rings (SSSR count). The largest absolute Gasteiger partial charge is 0.416 e. The second-order valence-electron chi connectivity index (χ2n) is 6.14. The van der Waals surface area contributed by atoms with Gasteiger partial charge >= 0.3 is 6.18 Å². The Morgan fingerprint density at radius 1 is 1.40 bits per heavy atom. The third-order valence-corrected chi connectivity index (χ3v) is 4.23. The maximum atomic E-state index is 13.3. The van der Waals surface area contributed by atoms with Crippen molar-refractivity contribution in [2.24, 2.45) is 0 Å². The van der Waals surface area contributed by atoms with Gasteiger partial charge in [0.1, 0.15) is 5.76 Å². The number of aliphatic hydroxyl groups is 1. The number of amides is 1. The lowest BCUT2D eigenvalue weighted by molar-refractivity contribution is -0.140. The Hall–Kier alpha value is -2.35. The topological polar surface area (TPSA) is 66.6 Å². The molecule has 25 heavy (non-hydrogen) atoms. The van der Waals surface area contributed by atoms with Crippen LogP contribution in [0.1, 0.15) is 35.0 Å². The van der Waals surface area contributed by atoms with Crippen LogP contribution in [0.15, 0.2) is 34.9 Å². The van der Waals surface area contributed by atoms with E-state index < -0.39 is 29.8 Å². The number of hydrogen-bond acceptors (Lipinski definition) is 4. The van der Waals surface area contributed by atoms with E-state index in [1.165, 1.54) is 23.1 Å². The van der Waals surface area contributed by atoms with Crippen molar-refractivity contribution in [3.8, 4) is 0 Å². The third-order valence-electron chi connectivity index (χ3n) is 4.23. The van der Waals surface area contributed by atoms with Gasteiger partial charge in [-0.2, -0.15) is 13.2 Å². The second kappa shape index (κ2) is 6.51. The Balaban J connectivity index is 1.89. The predicted molar refractivity (Wildman–Crippen MR) is 81.5 cm³/mol. The number of halogens is 3. The SMILES string of the molecule is Cc1cc(CC(=O)N2C[C@@H](O)C[C@H]2c2ccccc2C(F)(F)F)no1. The molecule has 0 unspecified atom stereocenters. The summed E-state index contributed by atoms with van der Waals surface area (Å²) in [5.41, 5.74) is -0.382. The van der Waals surface area contributed by atoms with Crippen molar-refractivity contribution >= 4 is 5.91 Å². The van der Waals surface area contributed by atoms with E-state index in [2.05, 4.69) is 5.16 Å². The molecule has 1 aromatic carbocycles. The number of alkyl halides is 3. The molecule has 0 bridgehead atoms. The quantitative estimate of drug-likeness (QED) is 0.920. The van der Waals surface area contributed by atoms with Crippen molar-refractivity contribution in [2.45, 2.75) is 38.1 Å². The number of carbonyl (C=O) groups excluding carboxylic acids is 1. The van der Waals surface area contributed by atoms with Gasteiger partial charge in [0.2, 0.25) is 5.91 Å². The van der Waals surface area contributed by atoms with Crippen molar-refractivity contribution in [1.82, 2.24) is 10.1 Å². The summed E-state index contributed by atoms with van der Waals surface area (Å²) in [6.07, 6.45) is -5.41. The minimum absolute atomic E-state index is 0.00349. The third kappa shape index (κ3) is 3.68. The lowest BCUT2D eigenvalue weighted by Gasteiger charge is -2.27. The molecule has 2 aromatic rings. The summed E-state index contributed by atoms with van der Waals surface area (Å²) in [4.78, 5) is 13.9. The molecular weight excluding hydrogens is 337 g/mol. The molecule has 0 saturated carbocycles. The van der Waals surface area contributed by atoms with E-state index in [4.69, 9.17) is 4.52 Å². The Morgan fingerprint density at radius 3 is 2.76 bits per heavy atom. The highest BCUT2D eigenvalue weighted by Crippen LogP contribution is 2.40. The number of hydrogen-bond donors (Lipinski definition) is 1. The van der Waals surface area contributed by atoms with Gasteiger partial charge in [0.05, 0.1) is 29.8 Å². The number of nitrogens with zero attached hydrogens (tertiary/aromatic N) is 2. The van der Waals surface area contributed by atoms with E-state index in [0.717, 1.165) is 6.07 Å². The molecule has 0 spiro atoms. The normalized spacial score (nSPS) is 20.9. The molecule has 1 aromatic heterocycles. The fraction of sp³-hybridized carbons (Fsp3) is 0.412. The fourth-order valence-electron chi connectivity index (χ4n) is 3.19. The standard InChI is InChI=1S/C17H17F3N2O3/c1-10-6-11(21-25-10)7-16(24)22-9-12(23)8-15(22)13-4-2-3-5-14(13)17(18,19)20/h2-6,12,15,23H,7-9H2,1H3/t12-,15-/m0/s1. The first-order valence-corrected chi connectivity index (χ1v) is 7.81. The van der Waals surface area contributed by atoms with Gasteiger partial charge in [0.25, 0.3) is 0 Å². The Kier molecular flexibility index (Phi) is 4.55. The molecule has 8 heteroatoms. The summed E-state index contributed by atoms with van der Waals surface area (Å²) in [5, 5.41) is 13.7. The Bertz CT molecular complexity index is 772. The summed E-state index contributed by atoms with van der Waals surface area (Å²) in [7, 11) is 0. The summed E-state index contributed by atoms with van der Waals surface area (Å²) in [6, 6.07) is 5.92. The molecule has 5 nitrogen and oxygen atoms in total. The van der Waals surface area contributed by atoms with E-state index in [1.54, 1.807) is 13.0 Å². The first-order chi connectivity index (χ1) is 11.8. The van der Waals surface area contributed by atoms with Crippen LogP contribution in [0.2, 0.25) is 0 Å². The zero-order chi connectivity index (χ0) is 18.2. The van der Waals surface area contributed by atoms with E-state index in [1.807, 2.05) is 0 Å². The number of benzene rings is 1. The van der Waals surface area contributed by atoms with Crippen LogP contribution in [0, 0.1) is 6.92 Å². The van der Waals surface area contributed by atoms with Crippen LogP contribution < -0.4 is 0 Å². The zero-order valence-corrected chi connectivity index (χ0v) is 13.5. The van der Waals surface area contributed by atoms with Crippen LogP contribution in [0.5, 0.6) is 0 Å². The van der Waals surface area contributed by atoms with Gasteiger partial charge in [0.15, 0.2) is 0 Å². The zero-order valence-electron chi connectivity index (χ0n) is 13.5. The van der Waals surface area contributed by atoms with Crippen molar-refractivity contribution in [1.29, 1.82) is 0 Å². The van der Waals surface area contributed by atoms with E-state index in [-0.39, 0.29) is 24.9 Å². The van der Waals surface area contributed by atoms with Crippen molar-refractivity contribution in [3.63, 3.8) is 0 Å². The van der Waals surface area contributed by atoms with Gasteiger partial charge < -0.3 is 14.5 Å². The number of β-amino-alcohol motifs (C(OH)–C–C–N with tert-alkyl or cyclic N) is 1. The molecule has 134 valence electrons. The Labute approximate surface area is 142 Å². The highest BCUT2D eigenvalue weighted by atomic mass is 19.4. The maximum absolute atomic E-state index is 13.3. The van der Waals surface area contributed by atoms with Crippen LogP contribution >= 0.6 is 0 Å². The minimum Gasteiger partial charge on any atom is -0.391 e. The average molecular weight is 354 g/mol. The molecule has 1 amide bonds. The van der Waals surface area contributed by atoms with E-state index in [9.17, 15) is 23.1 Å². The molecule has 1 fully saturated rings. The first-order valence-electron chi connectivity index (χ1n) is 7.81. The number of aryl methyl sites for hydroxylation is 1. The number of aliphatic hydroxyl groups excluding tert-OH is 1. The fourth-order valence-corrected chi connectivity index (χ4v) is 3.19. The summed E-state index contributed by atoms with van der Waals surface area (Å²) < 4.78 is 44.8. The van der Waals surface area contributed by atoms with Crippen LogP contribution in [0.3, 0.4) is 0 Å². The highest BCUT2D eigenvalue weighted by Gasteiger charge is 2.41. The summed E-state index contributed by atoms with van der Waals surface area (Å²) >= 11 is 0. The number of carbonyl (C=O) groups is 1. The number of aromatic nitrogens is 1. The molecule has 1 aliphatic heterocycles. The smallest absolute Gasteiger partial charge is 0.391 e. The van der Waals surface area contributed by atoms with Crippen LogP contribution in [-0.4, -0.2) is 33.7 Å². The van der Waals surface area contributed by atoms with Gasteiger partial charge in [-0.1, -0.05) is 23.4 Å². The van der Waals surface area contributed by atoms with Crippen LogP contribution in [0.4, 0.5) is 13.2 Å². The van der Waals surface area contributed by atoms with Crippen molar-refractivity contribution in [2.75, 3.05) is 6.54 Å². The molecule has 0 aliphatic carbocycles. The van der Waals surface area contributed by atoms with Crippen molar-refractivity contribution < 1.29 is 27.6 Å². The molecule has 2 atom stereocenters. The highest BCUT2D eigenvalue weighted by molar-refractivity contribution is 5.79. The lowest BCUT2D eigenvalue weighted by Crippen LogP contribution is -2.33. The van der Waals surface area contributed by atoms with Gasteiger partial charge in [-0.3, -0.25) is 4.79 Å². The first kappa shape index (κ1) is 17.5. The molecule has 0 radical (unpaired) electrons. The molecule has 1 aliphatic rings. The predicted octanol–water partition coefficient (Wildman–Crippen LogP) is 2.88. The van der Waals surface area contributed by atoms with Gasteiger partial charge in [0, 0.05) is 12.6 Å². The van der Waals surface area contributed by atoms with Gasteiger partial charge in [-0.25, -0.2) is 0 Å². The molecule has 1 N–H and O–H groups in total.